The van der Waals surface area contributed by atoms with Gasteiger partial charge in [0, 0.05) is 4.88 Å². The second-order valence-electron chi connectivity index (χ2n) is 3.42. The molecule has 0 aliphatic rings. The average molecular weight is 392 g/mol. The number of para-hydroxylation sites is 1. The Hall–Kier alpha value is -0.850. The average Bonchev–Trinajstić information content (AvgIpc) is 2.73. The van der Waals surface area contributed by atoms with Gasteiger partial charge in [-0.3, -0.25) is 0 Å². The SMILES string of the molecule is O=C(O)c1cccc(Br)c1OCc1ccc(Br)s1. The number of carboxylic acid groups (broad SMARTS) is 1. The normalized spacial score (nSPS) is 10.3. The molecule has 1 N–H and O–H groups in total. The number of thiophene rings is 1. The second kappa shape index (κ2) is 5.86. The smallest absolute Gasteiger partial charge is 0.339 e. The number of carbonyl (C=O) groups is 1. The van der Waals surface area contributed by atoms with Crippen molar-refractivity contribution >= 4 is 49.2 Å². The minimum atomic E-state index is -1.00. The van der Waals surface area contributed by atoms with Gasteiger partial charge < -0.3 is 9.84 Å². The van der Waals surface area contributed by atoms with Crippen molar-refractivity contribution in [3.63, 3.8) is 0 Å². The Kier molecular flexibility index (Phi) is 4.42. The molecule has 6 heteroatoms. The highest BCUT2D eigenvalue weighted by molar-refractivity contribution is 9.11. The third kappa shape index (κ3) is 3.13. The molecule has 0 fully saturated rings. The largest absolute Gasteiger partial charge is 0.486 e. The zero-order valence-corrected chi connectivity index (χ0v) is 13.0. The fourth-order valence-corrected chi connectivity index (χ4v) is 3.27. The van der Waals surface area contributed by atoms with Crippen LogP contribution < -0.4 is 4.74 Å². The van der Waals surface area contributed by atoms with E-state index in [-0.39, 0.29) is 5.56 Å². The van der Waals surface area contributed by atoms with E-state index in [1.165, 1.54) is 6.07 Å². The van der Waals surface area contributed by atoms with Gasteiger partial charge >= 0.3 is 5.97 Å². The molecule has 2 aromatic rings. The monoisotopic (exact) mass is 390 g/mol. The molecule has 0 aliphatic carbocycles. The van der Waals surface area contributed by atoms with Crippen LogP contribution in [0.4, 0.5) is 0 Å². The number of halogens is 2. The van der Waals surface area contributed by atoms with Crippen molar-refractivity contribution in [2.75, 3.05) is 0 Å². The fourth-order valence-electron chi connectivity index (χ4n) is 1.40. The maximum atomic E-state index is 11.1. The Labute approximate surface area is 125 Å². The molecule has 0 spiro atoms. The van der Waals surface area contributed by atoms with E-state index in [0.717, 1.165) is 8.66 Å². The quantitative estimate of drug-likeness (QED) is 0.831. The van der Waals surface area contributed by atoms with Gasteiger partial charge in [-0.25, -0.2) is 4.79 Å². The zero-order chi connectivity index (χ0) is 13.1. The summed E-state index contributed by atoms with van der Waals surface area (Å²) in [6, 6.07) is 8.81. The van der Waals surface area contributed by atoms with Gasteiger partial charge in [0.1, 0.15) is 17.9 Å². The summed E-state index contributed by atoms with van der Waals surface area (Å²) in [5, 5.41) is 9.09. The van der Waals surface area contributed by atoms with Crippen LogP contribution >= 0.6 is 43.2 Å². The van der Waals surface area contributed by atoms with Crippen LogP contribution in [0.3, 0.4) is 0 Å². The van der Waals surface area contributed by atoms with Crippen molar-refractivity contribution in [2.24, 2.45) is 0 Å². The van der Waals surface area contributed by atoms with Crippen LogP contribution in [-0.2, 0) is 6.61 Å². The van der Waals surface area contributed by atoms with E-state index in [1.807, 2.05) is 12.1 Å². The van der Waals surface area contributed by atoms with Crippen molar-refractivity contribution in [3.05, 3.63) is 49.0 Å². The van der Waals surface area contributed by atoms with Gasteiger partial charge in [-0.2, -0.15) is 0 Å². The van der Waals surface area contributed by atoms with E-state index in [4.69, 9.17) is 9.84 Å². The number of hydrogen-bond acceptors (Lipinski definition) is 3. The van der Waals surface area contributed by atoms with Gasteiger partial charge in [0.15, 0.2) is 0 Å². The lowest BCUT2D eigenvalue weighted by Gasteiger charge is -2.09. The standard InChI is InChI=1S/C12H8Br2O3S/c13-9-3-1-2-8(12(15)16)11(9)17-6-7-4-5-10(14)18-7/h1-5H,6H2,(H,15,16). The highest BCUT2D eigenvalue weighted by atomic mass is 79.9. The molecule has 18 heavy (non-hydrogen) atoms. The number of hydrogen-bond donors (Lipinski definition) is 1. The highest BCUT2D eigenvalue weighted by Gasteiger charge is 2.14. The molecular formula is C12H8Br2O3S. The van der Waals surface area contributed by atoms with E-state index >= 15 is 0 Å². The van der Waals surface area contributed by atoms with E-state index < -0.39 is 5.97 Å². The van der Waals surface area contributed by atoms with Gasteiger partial charge in [0.25, 0.3) is 0 Å². The van der Waals surface area contributed by atoms with Gasteiger partial charge in [0.2, 0.25) is 0 Å². The summed E-state index contributed by atoms with van der Waals surface area (Å²) in [4.78, 5) is 12.1. The molecule has 0 amide bonds. The molecule has 0 unspecified atom stereocenters. The lowest BCUT2D eigenvalue weighted by molar-refractivity contribution is 0.0691. The van der Waals surface area contributed by atoms with Crippen LogP contribution in [0.2, 0.25) is 0 Å². The van der Waals surface area contributed by atoms with E-state index in [1.54, 1.807) is 23.5 Å². The predicted molar refractivity (Wildman–Crippen MR) is 77.5 cm³/mol. The van der Waals surface area contributed by atoms with Crippen LogP contribution in [0, 0.1) is 0 Å². The summed E-state index contributed by atoms with van der Waals surface area (Å²) in [7, 11) is 0. The minimum Gasteiger partial charge on any atom is -0.486 e. The number of rotatable bonds is 4. The molecular weight excluding hydrogens is 384 g/mol. The van der Waals surface area contributed by atoms with Crippen molar-refractivity contribution in [3.8, 4) is 5.75 Å². The van der Waals surface area contributed by atoms with Gasteiger partial charge in [-0.05, 0) is 56.1 Å². The Morgan fingerprint density at radius 1 is 1.28 bits per heavy atom. The van der Waals surface area contributed by atoms with Crippen molar-refractivity contribution < 1.29 is 14.6 Å². The molecule has 2 rings (SSSR count). The first-order chi connectivity index (χ1) is 8.58. The first-order valence-electron chi connectivity index (χ1n) is 4.96. The van der Waals surface area contributed by atoms with Crippen LogP contribution in [0.5, 0.6) is 5.75 Å². The first kappa shape index (κ1) is 13.6. The summed E-state index contributed by atoms with van der Waals surface area (Å²) in [5.74, 6) is -0.645. The topological polar surface area (TPSA) is 46.5 Å². The predicted octanol–water partition coefficient (Wildman–Crippen LogP) is 4.55. The molecule has 0 saturated heterocycles. The molecule has 1 heterocycles. The molecule has 1 aromatic carbocycles. The highest BCUT2D eigenvalue weighted by Crippen LogP contribution is 2.31. The fraction of sp³-hybridized carbons (Fsp3) is 0.0833. The minimum absolute atomic E-state index is 0.153. The molecule has 3 nitrogen and oxygen atoms in total. The molecule has 1 aromatic heterocycles. The molecule has 0 aliphatic heterocycles. The number of aromatic carboxylic acids is 1. The lowest BCUT2D eigenvalue weighted by atomic mass is 10.2. The maximum Gasteiger partial charge on any atom is 0.339 e. The number of ether oxygens (including phenoxy) is 1. The van der Waals surface area contributed by atoms with E-state index in [9.17, 15) is 4.79 Å². The first-order valence-corrected chi connectivity index (χ1v) is 7.37. The molecule has 0 atom stereocenters. The molecule has 0 bridgehead atoms. The third-order valence-electron chi connectivity index (χ3n) is 2.19. The van der Waals surface area contributed by atoms with Crippen LogP contribution in [0.15, 0.2) is 38.6 Å². The Bertz CT molecular complexity index is 580. The van der Waals surface area contributed by atoms with E-state index in [2.05, 4.69) is 31.9 Å². The summed E-state index contributed by atoms with van der Waals surface area (Å²) in [6.45, 7) is 0.346. The van der Waals surface area contributed by atoms with Crippen molar-refractivity contribution in [2.45, 2.75) is 6.61 Å². The Morgan fingerprint density at radius 2 is 2.06 bits per heavy atom. The second-order valence-corrected chi connectivity index (χ2v) is 6.82. The van der Waals surface area contributed by atoms with E-state index in [0.29, 0.717) is 16.8 Å². The summed E-state index contributed by atoms with van der Waals surface area (Å²) in [6.07, 6.45) is 0. The molecule has 0 radical (unpaired) electrons. The summed E-state index contributed by atoms with van der Waals surface area (Å²) < 4.78 is 7.25. The lowest BCUT2D eigenvalue weighted by Crippen LogP contribution is -2.03. The number of carboxylic acids is 1. The summed E-state index contributed by atoms with van der Waals surface area (Å²) >= 11 is 8.23. The Morgan fingerprint density at radius 3 is 2.67 bits per heavy atom. The molecule has 0 saturated carbocycles. The van der Waals surface area contributed by atoms with Crippen LogP contribution in [0.1, 0.15) is 15.2 Å². The maximum absolute atomic E-state index is 11.1. The van der Waals surface area contributed by atoms with Gasteiger partial charge in [-0.1, -0.05) is 6.07 Å². The number of benzene rings is 1. The van der Waals surface area contributed by atoms with Crippen LogP contribution in [-0.4, -0.2) is 11.1 Å². The van der Waals surface area contributed by atoms with Gasteiger partial charge in [0.05, 0.1) is 8.26 Å². The Balaban J connectivity index is 2.20. The van der Waals surface area contributed by atoms with Crippen molar-refractivity contribution in [1.29, 1.82) is 0 Å². The third-order valence-corrected chi connectivity index (χ3v) is 4.41. The molecule has 94 valence electrons. The van der Waals surface area contributed by atoms with Crippen LogP contribution in [0.25, 0.3) is 0 Å². The van der Waals surface area contributed by atoms with Gasteiger partial charge in [-0.15, -0.1) is 11.3 Å². The van der Waals surface area contributed by atoms with Crippen molar-refractivity contribution in [1.82, 2.24) is 0 Å². The summed E-state index contributed by atoms with van der Waals surface area (Å²) in [5.41, 5.74) is 0.153. The zero-order valence-electron chi connectivity index (χ0n) is 9.02.